The first kappa shape index (κ1) is 57.5. The highest BCUT2D eigenvalue weighted by atomic mass is 32.1. The van der Waals surface area contributed by atoms with Gasteiger partial charge in [0.2, 0.25) is 0 Å². The zero-order valence-corrected chi connectivity index (χ0v) is 49.7. The molecule has 0 amide bonds. The van der Waals surface area contributed by atoms with Crippen molar-refractivity contribution in [3.8, 4) is 0 Å². The van der Waals surface area contributed by atoms with Gasteiger partial charge in [-0.15, -0.1) is 0 Å². The van der Waals surface area contributed by atoms with Crippen LogP contribution in [0.3, 0.4) is 0 Å². The molecule has 0 spiro atoms. The van der Waals surface area contributed by atoms with Gasteiger partial charge in [-0.05, 0) is 124 Å². The predicted octanol–water partition coefficient (Wildman–Crippen LogP) is 16.2. The van der Waals surface area contributed by atoms with Gasteiger partial charge in [0.15, 0.2) is 16.6 Å². The van der Waals surface area contributed by atoms with E-state index in [4.69, 9.17) is 0 Å². The van der Waals surface area contributed by atoms with E-state index in [0.29, 0.717) is 27.7 Å². The van der Waals surface area contributed by atoms with Crippen LogP contribution < -0.4 is 10.4 Å². The molecule has 64 heavy (non-hydrogen) atoms. The van der Waals surface area contributed by atoms with Crippen molar-refractivity contribution in [1.82, 2.24) is 0 Å². The highest BCUT2D eigenvalue weighted by Crippen LogP contribution is 2.50. The number of hydrogen-bond donors (Lipinski definition) is 4. The molecule has 3 aromatic rings. The van der Waals surface area contributed by atoms with E-state index in [9.17, 15) is 9.59 Å². The van der Waals surface area contributed by atoms with E-state index in [1.807, 2.05) is 0 Å². The quantitative estimate of drug-likeness (QED) is 0.0318. The molecule has 0 aliphatic rings. The van der Waals surface area contributed by atoms with Crippen LogP contribution in [0.4, 0.5) is 0 Å². The van der Waals surface area contributed by atoms with Gasteiger partial charge in [0, 0.05) is 10.8 Å². The van der Waals surface area contributed by atoms with Crippen molar-refractivity contribution in [2.45, 2.75) is 230 Å². The fourth-order valence-corrected chi connectivity index (χ4v) is 30.1. The van der Waals surface area contributed by atoms with Crippen molar-refractivity contribution >= 4 is 68.4 Å². The maximum atomic E-state index is 12.7. The van der Waals surface area contributed by atoms with E-state index >= 15 is 0 Å². The lowest BCUT2D eigenvalue weighted by atomic mass is 9.68. The van der Waals surface area contributed by atoms with Crippen molar-refractivity contribution < 1.29 is 9.59 Å². The molecule has 4 atom stereocenters. The number of rotatable bonds is 29. The van der Waals surface area contributed by atoms with Crippen LogP contribution >= 0.6 is 25.3 Å². The molecular weight excluding hydrogens is 881 g/mol. The van der Waals surface area contributed by atoms with Crippen LogP contribution in [0.15, 0.2) is 72.8 Å². The molecule has 8 heteroatoms. The molecule has 0 fully saturated rings. The molecule has 0 aromatic heterocycles. The largest absolute Gasteiger partial charge is 0.432 e. The normalized spacial score (nSPS) is 16.7. The molecule has 0 aliphatic carbocycles. The summed E-state index contributed by atoms with van der Waals surface area (Å²) < 4.78 is 0. The molecule has 4 unspecified atom stereocenters. The molecule has 0 heterocycles. The van der Waals surface area contributed by atoms with Crippen LogP contribution in [-0.4, -0.2) is 53.9 Å². The summed E-state index contributed by atoms with van der Waals surface area (Å²) in [5.74, 6) is 1.60. The summed E-state index contributed by atoms with van der Waals surface area (Å²) in [5.41, 5.74) is 7.91. The van der Waals surface area contributed by atoms with Gasteiger partial charge in [0.1, 0.15) is 0 Å². The Balaban J connectivity index is 2.55. The summed E-state index contributed by atoms with van der Waals surface area (Å²) in [6.07, 6.45) is 10.8. The third kappa shape index (κ3) is 13.3. The minimum atomic E-state index is -2.72. The number of hydrogen-bond acceptors (Lipinski definition) is 4. The molecule has 0 bridgehead atoms. The molecule has 2 N–H and O–H groups in total. The van der Waals surface area contributed by atoms with Crippen LogP contribution in [-0.2, 0) is 10.8 Å². The second kappa shape index (κ2) is 25.1. The van der Waals surface area contributed by atoms with E-state index in [1.54, 1.807) is 10.4 Å². The molecule has 3 aromatic carbocycles. The second-order valence-electron chi connectivity index (χ2n) is 22.8. The Morgan fingerprint density at radius 1 is 0.469 bits per heavy atom. The first-order valence-electron chi connectivity index (χ1n) is 26.0. The standard InChI is InChI=1S/C56H98O2S2Si4/c1-16-18-20-35-55(42-61(13,57)39-23-37-59,49-27-31-53(32-28-49)63(15,44(3)4)45(5)6)51-25-22-26-52(41-51)56(36-21-19-17-2,43-62(14,58)40-24-38-60)50-29-33-54(34-30-50)64(46(7)8,47(9)10)48(11)12/h22,25-34,41,44-48,57-60H,16-21,23-24,35-40,42-43H2,1-15H3. The summed E-state index contributed by atoms with van der Waals surface area (Å²) in [4.78, 5) is 25.4. The van der Waals surface area contributed by atoms with Gasteiger partial charge >= 0.3 is 0 Å². The van der Waals surface area contributed by atoms with Gasteiger partial charge in [-0.2, -0.15) is 25.3 Å². The smallest absolute Gasteiger partial charge is 0.186 e. The van der Waals surface area contributed by atoms with Crippen molar-refractivity contribution in [2.75, 3.05) is 11.5 Å². The summed E-state index contributed by atoms with van der Waals surface area (Å²) >= 11 is 9.29. The van der Waals surface area contributed by atoms with Crippen molar-refractivity contribution in [1.29, 1.82) is 0 Å². The average molecular weight is 980 g/mol. The Morgan fingerprint density at radius 2 is 0.828 bits per heavy atom. The maximum Gasteiger partial charge on any atom is 0.186 e. The Kier molecular flexibility index (Phi) is 22.6. The van der Waals surface area contributed by atoms with Crippen LogP contribution in [0, 0.1) is 0 Å². The molecule has 0 radical (unpaired) electrons. The predicted molar refractivity (Wildman–Crippen MR) is 305 cm³/mol. The lowest BCUT2D eigenvalue weighted by Crippen LogP contribution is -2.55. The monoisotopic (exact) mass is 979 g/mol. The summed E-state index contributed by atoms with van der Waals surface area (Å²) in [6.45, 7) is 36.2. The van der Waals surface area contributed by atoms with Crippen LogP contribution in [0.5, 0.6) is 0 Å². The van der Waals surface area contributed by atoms with Crippen LogP contribution in [0.25, 0.3) is 0 Å². The number of unbranched alkanes of at least 4 members (excludes halogenated alkanes) is 4. The van der Waals surface area contributed by atoms with Crippen LogP contribution in [0.1, 0.15) is 170 Å². The van der Waals surface area contributed by atoms with Gasteiger partial charge in [-0.1, -0.05) is 211 Å². The number of benzene rings is 3. The van der Waals surface area contributed by atoms with Crippen molar-refractivity contribution in [3.63, 3.8) is 0 Å². The van der Waals surface area contributed by atoms with Gasteiger partial charge in [-0.3, -0.25) is 0 Å². The van der Waals surface area contributed by atoms with E-state index in [-0.39, 0.29) is 10.8 Å². The Bertz CT molecular complexity index is 1780. The lowest BCUT2D eigenvalue weighted by molar-refractivity contribution is 0.431. The Hall–Kier alpha value is -0.852. The van der Waals surface area contributed by atoms with Gasteiger partial charge in [0.05, 0.1) is 16.1 Å². The van der Waals surface area contributed by atoms with E-state index in [0.717, 1.165) is 87.0 Å². The minimum Gasteiger partial charge on any atom is -0.432 e. The SMILES string of the molecule is CCCCCC(C[Si](C)(O)CCCS)(c1ccc([Si](C)(C(C)C)C(C)C)cc1)c1cccc(C(CCCCC)(C[Si](C)(O)CCCS)c2ccc([Si](C(C)C)(C(C)C)C(C)C)cc2)c1. The summed E-state index contributed by atoms with van der Waals surface area (Å²) in [7, 11) is -9.07. The molecule has 0 saturated heterocycles. The zero-order chi connectivity index (χ0) is 48.1. The Labute approximate surface area is 411 Å². The molecule has 3 rings (SSSR count). The fourth-order valence-electron chi connectivity index (χ4n) is 12.9. The van der Waals surface area contributed by atoms with Crippen molar-refractivity contribution in [3.05, 3.63) is 95.1 Å². The first-order valence-corrected chi connectivity index (χ1v) is 37.9. The molecule has 0 saturated carbocycles. The highest BCUT2D eigenvalue weighted by Gasteiger charge is 2.47. The highest BCUT2D eigenvalue weighted by molar-refractivity contribution is 7.80. The minimum absolute atomic E-state index is 0.342. The third-order valence-electron chi connectivity index (χ3n) is 16.8. The van der Waals surface area contributed by atoms with E-state index in [1.165, 1.54) is 35.1 Å². The van der Waals surface area contributed by atoms with Gasteiger partial charge in [-0.25, -0.2) is 0 Å². The topological polar surface area (TPSA) is 40.5 Å². The molecule has 362 valence electrons. The second-order valence-corrected chi connectivity index (χ2v) is 42.8. The first-order chi connectivity index (χ1) is 30.0. The summed E-state index contributed by atoms with van der Waals surface area (Å²) in [5, 5.41) is 3.12. The molecule has 2 nitrogen and oxygen atoms in total. The molecular formula is C56H98O2S2Si4. The Morgan fingerprint density at radius 3 is 1.14 bits per heavy atom. The van der Waals surface area contributed by atoms with Crippen LogP contribution in [0.2, 0.25) is 71.5 Å². The zero-order valence-electron chi connectivity index (χ0n) is 43.9. The number of thiol groups is 2. The average Bonchev–Trinajstić information content (AvgIpc) is 3.24. The maximum absolute atomic E-state index is 12.7. The van der Waals surface area contributed by atoms with Crippen molar-refractivity contribution in [2.24, 2.45) is 0 Å². The fraction of sp³-hybridized carbons (Fsp3) is 0.679. The lowest BCUT2D eigenvalue weighted by Gasteiger charge is -2.45. The molecule has 0 aliphatic heterocycles. The van der Waals surface area contributed by atoms with E-state index < -0.39 is 32.8 Å². The van der Waals surface area contributed by atoms with Gasteiger partial charge in [0.25, 0.3) is 0 Å². The third-order valence-corrected chi connectivity index (χ3v) is 36.4. The summed E-state index contributed by atoms with van der Waals surface area (Å²) in [6, 6.07) is 33.2. The van der Waals surface area contributed by atoms with E-state index in [2.05, 4.69) is 201 Å². The van der Waals surface area contributed by atoms with Gasteiger partial charge < -0.3 is 9.59 Å².